The number of carbonyl (C=O) groups is 1. The molecular weight excluding hydrogens is 565 g/mol. The molecule has 0 bridgehead atoms. The van der Waals surface area contributed by atoms with Crippen LogP contribution in [-0.2, 0) is 31.3 Å². The van der Waals surface area contributed by atoms with Crippen LogP contribution in [0.15, 0.2) is 96.1 Å². The summed E-state index contributed by atoms with van der Waals surface area (Å²) < 4.78 is 18.3. The van der Waals surface area contributed by atoms with E-state index < -0.39 is 5.91 Å². The molecule has 0 radical (unpaired) electrons. The van der Waals surface area contributed by atoms with Crippen LogP contribution in [0.1, 0.15) is 65.6 Å². The molecule has 5 rings (SSSR count). The summed E-state index contributed by atoms with van der Waals surface area (Å²) >= 11 is 0. The van der Waals surface area contributed by atoms with Crippen LogP contribution in [0.2, 0.25) is 0 Å². The third-order valence-electron chi connectivity index (χ3n) is 8.11. The second-order valence-electron chi connectivity index (χ2n) is 12.7. The Labute approximate surface area is 264 Å². The fraction of sp³-hybridized carbons (Fsp3) is 0.324. The first kappa shape index (κ1) is 31.9. The fourth-order valence-electron chi connectivity index (χ4n) is 5.69. The maximum absolute atomic E-state index is 14.9. The van der Waals surface area contributed by atoms with E-state index in [9.17, 15) is 14.0 Å². The van der Waals surface area contributed by atoms with Crippen molar-refractivity contribution in [2.24, 2.45) is 0 Å². The van der Waals surface area contributed by atoms with Gasteiger partial charge in [0.15, 0.2) is 0 Å². The summed E-state index contributed by atoms with van der Waals surface area (Å²) in [5.74, 6) is -0.768. The van der Waals surface area contributed by atoms with Gasteiger partial charge >= 0.3 is 0 Å². The average molecular weight is 608 g/mol. The minimum atomic E-state index is -0.433. The summed E-state index contributed by atoms with van der Waals surface area (Å²) in [5, 5.41) is 2.96. The van der Waals surface area contributed by atoms with Crippen molar-refractivity contribution >= 4 is 11.6 Å². The number of likely N-dealkylation sites (N-methyl/N-ethyl adjacent to an activating group) is 1. The maximum Gasteiger partial charge on any atom is 0.270 e. The van der Waals surface area contributed by atoms with Gasteiger partial charge in [-0.2, -0.15) is 0 Å². The van der Waals surface area contributed by atoms with Crippen molar-refractivity contribution in [1.29, 1.82) is 0 Å². The van der Waals surface area contributed by atoms with E-state index in [-0.39, 0.29) is 28.9 Å². The van der Waals surface area contributed by atoms with Crippen LogP contribution in [0, 0.1) is 5.82 Å². The Morgan fingerprint density at radius 1 is 0.978 bits per heavy atom. The molecule has 0 unspecified atom stereocenters. The molecule has 3 heterocycles. The van der Waals surface area contributed by atoms with E-state index in [0.29, 0.717) is 24.3 Å². The van der Waals surface area contributed by atoms with Crippen molar-refractivity contribution in [2.45, 2.75) is 58.5 Å². The number of aromatic nitrogens is 3. The van der Waals surface area contributed by atoms with Crippen molar-refractivity contribution in [3.05, 3.63) is 141 Å². The number of fused-ring (bicyclic) bond motifs is 1. The number of nitrogens with one attached hydrogen (secondary N) is 1. The monoisotopic (exact) mass is 607 g/mol. The summed E-state index contributed by atoms with van der Waals surface area (Å²) in [5.41, 5.74) is 4.50. The van der Waals surface area contributed by atoms with Gasteiger partial charge in [0.2, 0.25) is 0 Å². The van der Waals surface area contributed by atoms with Gasteiger partial charge in [-0.25, -0.2) is 4.39 Å². The number of rotatable bonds is 12. The quantitative estimate of drug-likeness (QED) is 0.176. The molecule has 0 aliphatic heterocycles. The lowest BCUT2D eigenvalue weighted by Gasteiger charge is -2.23. The molecule has 0 saturated heterocycles. The van der Waals surface area contributed by atoms with Crippen LogP contribution in [0.5, 0.6) is 0 Å². The van der Waals surface area contributed by atoms with Crippen molar-refractivity contribution in [3.63, 3.8) is 0 Å². The molecule has 0 aliphatic carbocycles. The largest absolute Gasteiger partial charge is 0.352 e. The topological polar surface area (TPSA) is 71.6 Å². The average Bonchev–Trinajstić information content (AvgIpc) is 3.42. The van der Waals surface area contributed by atoms with Gasteiger partial charge in [-0.1, -0.05) is 75.4 Å². The molecule has 1 N–H and O–H groups in total. The zero-order valence-corrected chi connectivity index (χ0v) is 26.6. The molecule has 1 amide bonds. The number of carbonyl (C=O) groups excluding carboxylic acids is 1. The van der Waals surface area contributed by atoms with Gasteiger partial charge in [-0.15, -0.1) is 0 Å². The molecule has 2 aromatic carbocycles. The van der Waals surface area contributed by atoms with Crippen LogP contribution in [0.25, 0.3) is 5.65 Å². The van der Waals surface area contributed by atoms with Crippen LogP contribution >= 0.6 is 0 Å². The molecule has 45 heavy (non-hydrogen) atoms. The van der Waals surface area contributed by atoms with E-state index in [0.717, 1.165) is 42.8 Å². The minimum absolute atomic E-state index is 0.0343. The van der Waals surface area contributed by atoms with E-state index in [1.165, 1.54) is 11.6 Å². The molecule has 234 valence electrons. The number of hydrogen-bond acceptors (Lipinski definition) is 4. The Morgan fingerprint density at radius 2 is 1.71 bits per heavy atom. The van der Waals surface area contributed by atoms with Crippen LogP contribution in [0.4, 0.5) is 4.39 Å². The lowest BCUT2D eigenvalue weighted by atomic mass is 9.87. The zero-order valence-electron chi connectivity index (χ0n) is 26.6. The number of benzene rings is 2. The van der Waals surface area contributed by atoms with E-state index in [2.05, 4.69) is 48.1 Å². The van der Waals surface area contributed by atoms with Gasteiger partial charge in [0, 0.05) is 55.4 Å². The Bertz CT molecular complexity index is 1810. The highest BCUT2D eigenvalue weighted by Gasteiger charge is 2.27. The molecule has 0 fully saturated rings. The Balaban J connectivity index is 1.52. The van der Waals surface area contributed by atoms with Gasteiger partial charge in [0.05, 0.1) is 6.54 Å². The van der Waals surface area contributed by atoms with Crippen molar-refractivity contribution in [2.75, 3.05) is 20.1 Å². The van der Waals surface area contributed by atoms with E-state index in [1.807, 2.05) is 54.1 Å². The summed E-state index contributed by atoms with van der Waals surface area (Å²) in [6, 6.07) is 24.6. The highest BCUT2D eigenvalue weighted by atomic mass is 19.1. The van der Waals surface area contributed by atoms with Gasteiger partial charge in [0.1, 0.15) is 17.0 Å². The standard InChI is InChI=1S/C37H42FN5O2/c1-37(2,3)31-23-34-42(24-28-16-8-9-18-32(28)38)25-30(35(44)40-21-12-15-27-13-6-5-7-14-27)36(45)43(34)33(31)26-41(4)22-19-29-17-10-11-20-39-29/h5-11,13-14,16-18,20,23,25H,12,15,19,21-22,24,26H2,1-4H3,(H,40,44). The summed E-state index contributed by atoms with van der Waals surface area (Å²) in [6.07, 6.45) is 5.70. The normalized spacial score (nSPS) is 11.8. The number of nitrogens with zero attached hydrogens (tertiary/aromatic N) is 4. The Morgan fingerprint density at radius 3 is 2.42 bits per heavy atom. The van der Waals surface area contributed by atoms with Gasteiger partial charge in [-0.05, 0) is 60.7 Å². The van der Waals surface area contributed by atoms with Gasteiger partial charge in [0.25, 0.3) is 11.5 Å². The lowest BCUT2D eigenvalue weighted by molar-refractivity contribution is 0.0950. The molecule has 0 spiro atoms. The molecule has 5 aromatic rings. The van der Waals surface area contributed by atoms with E-state index in [1.54, 1.807) is 35.0 Å². The molecular formula is C37H42FN5O2. The first-order valence-corrected chi connectivity index (χ1v) is 15.5. The first-order valence-electron chi connectivity index (χ1n) is 15.5. The minimum Gasteiger partial charge on any atom is -0.352 e. The number of amides is 1. The highest BCUT2D eigenvalue weighted by molar-refractivity contribution is 5.93. The molecule has 3 aromatic heterocycles. The maximum atomic E-state index is 14.9. The second-order valence-corrected chi connectivity index (χ2v) is 12.7. The smallest absolute Gasteiger partial charge is 0.270 e. The number of halogens is 1. The van der Waals surface area contributed by atoms with Gasteiger partial charge < -0.3 is 14.8 Å². The molecule has 0 saturated carbocycles. The number of aryl methyl sites for hydroxylation is 1. The number of pyridine rings is 1. The zero-order chi connectivity index (χ0) is 32.0. The summed E-state index contributed by atoms with van der Waals surface area (Å²) in [7, 11) is 2.02. The predicted molar refractivity (Wildman–Crippen MR) is 177 cm³/mol. The first-order chi connectivity index (χ1) is 21.6. The van der Waals surface area contributed by atoms with Crippen molar-refractivity contribution in [3.8, 4) is 0 Å². The predicted octanol–water partition coefficient (Wildman–Crippen LogP) is 6.02. The second kappa shape index (κ2) is 14.0. The molecule has 8 heteroatoms. The summed E-state index contributed by atoms with van der Waals surface area (Å²) in [6.45, 7) is 8.18. The molecule has 7 nitrogen and oxygen atoms in total. The summed E-state index contributed by atoms with van der Waals surface area (Å²) in [4.78, 5) is 34.4. The van der Waals surface area contributed by atoms with Crippen LogP contribution in [0.3, 0.4) is 0 Å². The van der Waals surface area contributed by atoms with Crippen LogP contribution < -0.4 is 10.9 Å². The third kappa shape index (κ3) is 7.75. The van der Waals surface area contributed by atoms with E-state index >= 15 is 0 Å². The SMILES string of the molecule is CN(CCc1ccccn1)Cc1c(C(C)(C)C)cc2n(Cc3ccccc3F)cc(C(=O)NCCCc3ccccc3)c(=O)n12. The fourth-order valence-corrected chi connectivity index (χ4v) is 5.69. The van der Waals surface area contributed by atoms with Crippen LogP contribution in [-0.4, -0.2) is 44.9 Å². The third-order valence-corrected chi connectivity index (χ3v) is 8.11. The molecule has 0 aliphatic rings. The Hall–Kier alpha value is -4.56. The van der Waals surface area contributed by atoms with Crippen molar-refractivity contribution in [1.82, 2.24) is 24.2 Å². The Kier molecular flexibility index (Phi) is 9.93. The van der Waals surface area contributed by atoms with Gasteiger partial charge in [-0.3, -0.25) is 19.0 Å². The van der Waals surface area contributed by atoms with Crippen molar-refractivity contribution < 1.29 is 9.18 Å². The molecule has 0 atom stereocenters. The number of hydrogen-bond donors (Lipinski definition) is 1. The van der Waals surface area contributed by atoms with E-state index in [4.69, 9.17) is 0 Å². The lowest BCUT2D eigenvalue weighted by Crippen LogP contribution is -2.35. The highest BCUT2D eigenvalue weighted by Crippen LogP contribution is 2.30.